The molecule has 4 nitrogen and oxygen atoms in total. The molecule has 0 fully saturated rings. The predicted octanol–water partition coefficient (Wildman–Crippen LogP) is 2.25. The second-order valence-corrected chi connectivity index (χ2v) is 3.56. The van der Waals surface area contributed by atoms with E-state index in [1.807, 2.05) is 19.9 Å². The van der Waals surface area contributed by atoms with Crippen LogP contribution < -0.4 is 5.73 Å². The largest absolute Gasteiger partial charge is 0.507 e. The number of aromatic nitrogens is 1. The maximum absolute atomic E-state index is 9.77. The van der Waals surface area contributed by atoms with E-state index < -0.39 is 0 Å². The minimum absolute atomic E-state index is 0.154. The minimum atomic E-state index is 0.154. The summed E-state index contributed by atoms with van der Waals surface area (Å²) >= 11 is 0. The van der Waals surface area contributed by atoms with Crippen LogP contribution in [-0.2, 0) is 0 Å². The highest BCUT2D eigenvalue weighted by Gasteiger charge is 2.13. The number of rotatable bonds is 1. The molecule has 0 atom stereocenters. The molecule has 4 heteroatoms. The van der Waals surface area contributed by atoms with Crippen LogP contribution in [0.2, 0.25) is 0 Å². The van der Waals surface area contributed by atoms with Crippen molar-refractivity contribution in [3.63, 3.8) is 0 Å². The summed E-state index contributed by atoms with van der Waals surface area (Å²) in [5.74, 6) is 0.567. The molecule has 0 radical (unpaired) electrons. The smallest absolute Gasteiger partial charge is 0.193 e. The fourth-order valence-electron chi connectivity index (χ4n) is 1.43. The van der Waals surface area contributed by atoms with Gasteiger partial charge in [0.1, 0.15) is 11.4 Å². The first-order chi connectivity index (χ1) is 7.09. The summed E-state index contributed by atoms with van der Waals surface area (Å²) in [6, 6.07) is 3.52. The Bertz CT molecular complexity index is 503. The van der Waals surface area contributed by atoms with Gasteiger partial charge in [-0.25, -0.2) is 0 Å². The van der Waals surface area contributed by atoms with Gasteiger partial charge in [-0.3, -0.25) is 0 Å². The van der Waals surface area contributed by atoms with Crippen molar-refractivity contribution < 1.29 is 9.63 Å². The van der Waals surface area contributed by atoms with Gasteiger partial charge in [-0.1, -0.05) is 5.16 Å². The van der Waals surface area contributed by atoms with Crippen molar-refractivity contribution in [2.24, 2.45) is 0 Å². The Morgan fingerprint density at radius 3 is 2.53 bits per heavy atom. The standard InChI is InChI=1S/C11H12N2O2/c1-6-3-8(10(14)4-7(6)2)11-9(12)5-13-15-11/h3-5,14H,12H2,1-2H3. The zero-order valence-corrected chi connectivity index (χ0v) is 8.61. The molecule has 2 aromatic rings. The quantitative estimate of drug-likeness (QED) is 0.747. The summed E-state index contributed by atoms with van der Waals surface area (Å²) in [6.07, 6.45) is 1.42. The van der Waals surface area contributed by atoms with Gasteiger partial charge in [0.15, 0.2) is 5.76 Å². The molecule has 0 saturated heterocycles. The molecule has 78 valence electrons. The third kappa shape index (κ3) is 1.54. The molecule has 0 unspecified atom stereocenters. The van der Waals surface area contributed by atoms with Crippen LogP contribution in [-0.4, -0.2) is 10.3 Å². The van der Waals surface area contributed by atoms with Crippen LogP contribution in [0.3, 0.4) is 0 Å². The normalized spacial score (nSPS) is 10.5. The Balaban J connectivity index is 2.64. The van der Waals surface area contributed by atoms with Crippen LogP contribution >= 0.6 is 0 Å². The van der Waals surface area contributed by atoms with Gasteiger partial charge in [-0.05, 0) is 37.1 Å². The van der Waals surface area contributed by atoms with E-state index in [2.05, 4.69) is 5.16 Å². The number of phenols is 1. The molecule has 0 saturated carbocycles. The van der Waals surface area contributed by atoms with Gasteiger partial charge in [0, 0.05) is 0 Å². The van der Waals surface area contributed by atoms with E-state index in [9.17, 15) is 5.11 Å². The van der Waals surface area contributed by atoms with E-state index in [4.69, 9.17) is 10.3 Å². The molecule has 0 aliphatic carbocycles. The molecular weight excluding hydrogens is 192 g/mol. The third-order valence-electron chi connectivity index (χ3n) is 2.45. The Hall–Kier alpha value is -1.97. The van der Waals surface area contributed by atoms with Crippen LogP contribution in [0, 0.1) is 13.8 Å². The lowest BCUT2D eigenvalue weighted by molar-refractivity contribution is 0.426. The second kappa shape index (κ2) is 3.31. The molecule has 2 rings (SSSR count). The maximum atomic E-state index is 9.77. The Morgan fingerprint density at radius 2 is 1.93 bits per heavy atom. The zero-order chi connectivity index (χ0) is 11.0. The fourth-order valence-corrected chi connectivity index (χ4v) is 1.43. The molecule has 0 aliphatic heterocycles. The summed E-state index contributed by atoms with van der Waals surface area (Å²) in [7, 11) is 0. The Kier molecular flexibility index (Phi) is 2.11. The van der Waals surface area contributed by atoms with Gasteiger partial charge in [-0.2, -0.15) is 0 Å². The number of phenolic OH excluding ortho intramolecular Hbond substituents is 1. The molecule has 3 N–H and O–H groups in total. The van der Waals surface area contributed by atoms with Crippen LogP contribution in [0.5, 0.6) is 5.75 Å². The summed E-state index contributed by atoms with van der Waals surface area (Å²) in [5, 5.41) is 13.3. The van der Waals surface area contributed by atoms with E-state index in [0.29, 0.717) is 17.0 Å². The summed E-state index contributed by atoms with van der Waals surface area (Å²) < 4.78 is 4.99. The van der Waals surface area contributed by atoms with Crippen molar-refractivity contribution in [3.05, 3.63) is 29.5 Å². The van der Waals surface area contributed by atoms with Crippen LogP contribution in [0.1, 0.15) is 11.1 Å². The van der Waals surface area contributed by atoms with Gasteiger partial charge in [0.05, 0.1) is 11.8 Å². The summed E-state index contributed by atoms with van der Waals surface area (Å²) in [5.41, 5.74) is 8.75. The number of nitrogen functional groups attached to an aromatic ring is 1. The summed E-state index contributed by atoms with van der Waals surface area (Å²) in [6.45, 7) is 3.90. The van der Waals surface area contributed by atoms with Crippen molar-refractivity contribution in [1.29, 1.82) is 0 Å². The number of nitrogens with two attached hydrogens (primary N) is 1. The Labute approximate surface area is 87.3 Å². The Morgan fingerprint density at radius 1 is 1.27 bits per heavy atom. The average Bonchev–Trinajstić information content (AvgIpc) is 2.58. The second-order valence-electron chi connectivity index (χ2n) is 3.56. The first-order valence-corrected chi connectivity index (χ1v) is 4.60. The average molecular weight is 204 g/mol. The number of aryl methyl sites for hydroxylation is 2. The van der Waals surface area contributed by atoms with Crippen LogP contribution in [0.25, 0.3) is 11.3 Å². The molecular formula is C11H12N2O2. The highest BCUT2D eigenvalue weighted by molar-refractivity contribution is 5.75. The number of hydrogen-bond donors (Lipinski definition) is 2. The molecule has 15 heavy (non-hydrogen) atoms. The monoisotopic (exact) mass is 204 g/mol. The van der Waals surface area contributed by atoms with Crippen LogP contribution in [0.4, 0.5) is 5.69 Å². The first-order valence-electron chi connectivity index (χ1n) is 4.60. The van der Waals surface area contributed by atoms with Crippen LogP contribution in [0.15, 0.2) is 22.9 Å². The highest BCUT2D eigenvalue weighted by Crippen LogP contribution is 2.34. The van der Waals surface area contributed by atoms with Crippen molar-refractivity contribution in [1.82, 2.24) is 5.16 Å². The topological polar surface area (TPSA) is 72.3 Å². The number of benzene rings is 1. The molecule has 0 amide bonds. The van der Waals surface area contributed by atoms with Gasteiger partial charge in [0.25, 0.3) is 0 Å². The van der Waals surface area contributed by atoms with E-state index >= 15 is 0 Å². The van der Waals surface area contributed by atoms with Gasteiger partial charge < -0.3 is 15.4 Å². The van der Waals surface area contributed by atoms with E-state index in [1.165, 1.54) is 6.20 Å². The molecule has 0 spiro atoms. The maximum Gasteiger partial charge on any atom is 0.193 e. The fraction of sp³-hybridized carbons (Fsp3) is 0.182. The first kappa shape index (κ1) is 9.58. The molecule has 1 aromatic carbocycles. The molecule has 1 aromatic heterocycles. The number of nitrogens with zero attached hydrogens (tertiary/aromatic N) is 1. The van der Waals surface area contributed by atoms with Gasteiger partial charge in [-0.15, -0.1) is 0 Å². The van der Waals surface area contributed by atoms with E-state index in [0.717, 1.165) is 11.1 Å². The lowest BCUT2D eigenvalue weighted by Gasteiger charge is -2.06. The molecule has 1 heterocycles. The molecule has 0 bridgehead atoms. The van der Waals surface area contributed by atoms with Crippen molar-refractivity contribution in [2.75, 3.05) is 5.73 Å². The molecule has 0 aliphatic rings. The zero-order valence-electron chi connectivity index (χ0n) is 8.61. The lowest BCUT2D eigenvalue weighted by Crippen LogP contribution is -1.88. The SMILES string of the molecule is Cc1cc(O)c(-c2oncc2N)cc1C. The van der Waals surface area contributed by atoms with Crippen molar-refractivity contribution in [2.45, 2.75) is 13.8 Å². The lowest BCUT2D eigenvalue weighted by atomic mass is 10.0. The van der Waals surface area contributed by atoms with E-state index in [1.54, 1.807) is 6.07 Å². The highest BCUT2D eigenvalue weighted by atomic mass is 16.5. The van der Waals surface area contributed by atoms with Crippen molar-refractivity contribution >= 4 is 5.69 Å². The van der Waals surface area contributed by atoms with Gasteiger partial charge in [0.2, 0.25) is 0 Å². The van der Waals surface area contributed by atoms with Gasteiger partial charge >= 0.3 is 0 Å². The number of anilines is 1. The number of hydrogen-bond acceptors (Lipinski definition) is 4. The summed E-state index contributed by atoms with van der Waals surface area (Å²) in [4.78, 5) is 0. The minimum Gasteiger partial charge on any atom is -0.507 e. The van der Waals surface area contributed by atoms with E-state index in [-0.39, 0.29) is 5.75 Å². The third-order valence-corrected chi connectivity index (χ3v) is 2.45. The number of aromatic hydroxyl groups is 1. The van der Waals surface area contributed by atoms with Crippen molar-refractivity contribution in [3.8, 4) is 17.1 Å². The predicted molar refractivity (Wildman–Crippen MR) is 57.5 cm³/mol.